The molecule has 2 nitrogen and oxygen atoms in total. The van der Waals surface area contributed by atoms with Crippen molar-refractivity contribution in [1.29, 1.82) is 5.26 Å². The number of aromatic nitrogens is 1. The van der Waals surface area contributed by atoms with Crippen LogP contribution >= 0.6 is 11.3 Å². The highest BCUT2D eigenvalue weighted by atomic mass is 32.1. The number of aromatic amines is 1. The molecule has 0 amide bonds. The number of benzene rings is 2. The van der Waals surface area contributed by atoms with Gasteiger partial charge in [-0.25, -0.2) is 0 Å². The second kappa shape index (κ2) is 4.22. The summed E-state index contributed by atoms with van der Waals surface area (Å²) in [5.41, 5.74) is 2.67. The number of para-hydroxylation sites is 1. The molecule has 20 heavy (non-hydrogen) atoms. The minimum Gasteiger partial charge on any atom is -0.353 e. The van der Waals surface area contributed by atoms with Gasteiger partial charge in [-0.05, 0) is 23.6 Å². The summed E-state index contributed by atoms with van der Waals surface area (Å²) in [7, 11) is 0. The van der Waals surface area contributed by atoms with Crippen molar-refractivity contribution in [2.45, 2.75) is 0 Å². The van der Waals surface area contributed by atoms with Crippen LogP contribution in [0.5, 0.6) is 0 Å². The first-order chi connectivity index (χ1) is 9.86. The molecular formula is C17H10N2S. The zero-order chi connectivity index (χ0) is 13.5. The zero-order valence-electron chi connectivity index (χ0n) is 10.6. The Bertz CT molecular complexity index is 936. The average Bonchev–Trinajstić information content (AvgIpc) is 3.07. The Labute approximate surface area is 119 Å². The molecule has 0 aliphatic carbocycles. The van der Waals surface area contributed by atoms with Crippen LogP contribution in [0.15, 0.2) is 54.6 Å². The van der Waals surface area contributed by atoms with Crippen LogP contribution in [0, 0.1) is 11.3 Å². The molecular weight excluding hydrogens is 264 g/mol. The van der Waals surface area contributed by atoms with Gasteiger partial charge in [-0.2, -0.15) is 5.26 Å². The molecule has 0 aliphatic heterocycles. The number of nitrogens with one attached hydrogen (secondary N) is 1. The topological polar surface area (TPSA) is 39.6 Å². The number of thiophene rings is 1. The van der Waals surface area contributed by atoms with Crippen LogP contribution in [0.4, 0.5) is 0 Å². The smallest absolute Gasteiger partial charge is 0.102 e. The van der Waals surface area contributed by atoms with Crippen molar-refractivity contribution in [3.8, 4) is 16.6 Å². The largest absolute Gasteiger partial charge is 0.353 e. The molecule has 2 aromatic carbocycles. The monoisotopic (exact) mass is 274 g/mol. The van der Waals surface area contributed by atoms with Crippen LogP contribution in [0.2, 0.25) is 0 Å². The third kappa shape index (κ3) is 1.56. The predicted octanol–water partition coefficient (Wildman–Crippen LogP) is 4.92. The Hall–Kier alpha value is -2.57. The van der Waals surface area contributed by atoms with E-state index in [-0.39, 0.29) is 0 Å². The van der Waals surface area contributed by atoms with Crippen molar-refractivity contribution in [2.24, 2.45) is 0 Å². The Kier molecular flexibility index (Phi) is 2.38. The molecule has 2 heterocycles. The normalized spacial score (nSPS) is 10.9. The maximum atomic E-state index is 9.48. The highest BCUT2D eigenvalue weighted by molar-refractivity contribution is 7.22. The van der Waals surface area contributed by atoms with Gasteiger partial charge < -0.3 is 4.98 Å². The zero-order valence-corrected chi connectivity index (χ0v) is 11.4. The predicted molar refractivity (Wildman–Crippen MR) is 83.8 cm³/mol. The summed E-state index contributed by atoms with van der Waals surface area (Å²) < 4.78 is 1.24. The molecule has 0 fully saturated rings. The summed E-state index contributed by atoms with van der Waals surface area (Å²) in [4.78, 5) is 4.49. The van der Waals surface area contributed by atoms with E-state index in [2.05, 4.69) is 29.3 Å². The standard InChI is InChI=1S/C17H10N2S/c18-10-13-12-6-2-3-7-14(12)19-17(13)16-9-11-5-1-4-8-15(11)20-16/h1-9,19H. The Morgan fingerprint density at radius 2 is 1.80 bits per heavy atom. The minimum atomic E-state index is 0.729. The fourth-order valence-corrected chi connectivity index (χ4v) is 3.62. The van der Waals surface area contributed by atoms with E-state index >= 15 is 0 Å². The van der Waals surface area contributed by atoms with Gasteiger partial charge in [0.1, 0.15) is 6.07 Å². The highest BCUT2D eigenvalue weighted by Crippen LogP contribution is 2.37. The lowest BCUT2D eigenvalue weighted by Gasteiger charge is -1.92. The van der Waals surface area contributed by atoms with Crippen LogP contribution < -0.4 is 0 Å². The van der Waals surface area contributed by atoms with Crippen LogP contribution in [-0.4, -0.2) is 4.98 Å². The maximum absolute atomic E-state index is 9.48. The number of hydrogen-bond acceptors (Lipinski definition) is 2. The molecule has 1 N–H and O–H groups in total. The number of hydrogen-bond donors (Lipinski definition) is 1. The molecule has 0 saturated carbocycles. The number of fused-ring (bicyclic) bond motifs is 2. The Balaban J connectivity index is 2.04. The number of nitriles is 1. The van der Waals surface area contributed by atoms with Gasteiger partial charge in [0, 0.05) is 15.6 Å². The lowest BCUT2D eigenvalue weighted by molar-refractivity contribution is 1.45. The summed E-state index contributed by atoms with van der Waals surface area (Å²) in [5, 5.41) is 11.7. The van der Waals surface area contributed by atoms with E-state index in [0.29, 0.717) is 0 Å². The van der Waals surface area contributed by atoms with Gasteiger partial charge in [-0.15, -0.1) is 11.3 Å². The van der Waals surface area contributed by atoms with Gasteiger partial charge in [0.15, 0.2) is 0 Å². The molecule has 0 aliphatic rings. The van der Waals surface area contributed by atoms with Crippen LogP contribution in [0.3, 0.4) is 0 Å². The molecule has 0 spiro atoms. The van der Waals surface area contributed by atoms with E-state index in [1.165, 1.54) is 10.1 Å². The third-order valence-electron chi connectivity index (χ3n) is 3.49. The lowest BCUT2D eigenvalue weighted by Crippen LogP contribution is -1.76. The first kappa shape index (κ1) is 11.3. The van der Waals surface area contributed by atoms with Gasteiger partial charge >= 0.3 is 0 Å². The summed E-state index contributed by atoms with van der Waals surface area (Å²) in [5.74, 6) is 0. The van der Waals surface area contributed by atoms with Crippen molar-refractivity contribution in [3.05, 3.63) is 60.2 Å². The van der Waals surface area contributed by atoms with Crippen molar-refractivity contribution in [2.75, 3.05) is 0 Å². The SMILES string of the molecule is N#Cc1c(-c2cc3ccccc3s2)[nH]c2ccccc12. The minimum absolute atomic E-state index is 0.729. The van der Waals surface area contributed by atoms with E-state index in [9.17, 15) is 5.26 Å². The molecule has 0 unspecified atom stereocenters. The van der Waals surface area contributed by atoms with Gasteiger partial charge in [0.2, 0.25) is 0 Å². The Morgan fingerprint density at radius 1 is 1.00 bits per heavy atom. The van der Waals surface area contributed by atoms with Crippen molar-refractivity contribution in [3.63, 3.8) is 0 Å². The average molecular weight is 274 g/mol. The molecule has 4 aromatic rings. The fraction of sp³-hybridized carbons (Fsp3) is 0. The van der Waals surface area contributed by atoms with E-state index in [0.717, 1.165) is 27.0 Å². The van der Waals surface area contributed by atoms with Crippen LogP contribution in [-0.2, 0) is 0 Å². The fourth-order valence-electron chi connectivity index (χ4n) is 2.55. The summed E-state index contributed by atoms with van der Waals surface area (Å²) >= 11 is 1.71. The molecule has 2 aromatic heterocycles. The molecule has 0 saturated heterocycles. The molecule has 3 heteroatoms. The molecule has 0 atom stereocenters. The molecule has 4 rings (SSSR count). The van der Waals surface area contributed by atoms with Gasteiger partial charge in [0.05, 0.1) is 16.1 Å². The van der Waals surface area contributed by atoms with Gasteiger partial charge in [-0.3, -0.25) is 0 Å². The second-order valence-electron chi connectivity index (χ2n) is 4.68. The van der Waals surface area contributed by atoms with E-state index in [4.69, 9.17) is 0 Å². The third-order valence-corrected chi connectivity index (χ3v) is 4.62. The Morgan fingerprint density at radius 3 is 2.65 bits per heavy atom. The van der Waals surface area contributed by atoms with Crippen LogP contribution in [0.1, 0.15) is 5.56 Å². The van der Waals surface area contributed by atoms with E-state index in [1.54, 1.807) is 11.3 Å². The van der Waals surface area contributed by atoms with Crippen LogP contribution in [0.25, 0.3) is 31.6 Å². The molecule has 0 radical (unpaired) electrons. The van der Waals surface area contributed by atoms with E-state index < -0.39 is 0 Å². The molecule has 0 bridgehead atoms. The summed E-state index contributed by atoms with van der Waals surface area (Å²) in [6.45, 7) is 0. The van der Waals surface area contributed by atoms with Gasteiger partial charge in [-0.1, -0.05) is 36.4 Å². The van der Waals surface area contributed by atoms with Crippen molar-refractivity contribution in [1.82, 2.24) is 4.98 Å². The van der Waals surface area contributed by atoms with Gasteiger partial charge in [0.25, 0.3) is 0 Å². The maximum Gasteiger partial charge on any atom is 0.102 e. The van der Waals surface area contributed by atoms with Crippen molar-refractivity contribution >= 4 is 32.3 Å². The second-order valence-corrected chi connectivity index (χ2v) is 5.76. The van der Waals surface area contributed by atoms with Crippen molar-refractivity contribution < 1.29 is 0 Å². The summed E-state index contributed by atoms with van der Waals surface area (Å²) in [6.07, 6.45) is 0. The first-order valence-corrected chi connectivity index (χ1v) is 7.18. The number of nitrogens with zero attached hydrogens (tertiary/aromatic N) is 1. The quantitative estimate of drug-likeness (QED) is 0.525. The van der Waals surface area contributed by atoms with E-state index in [1.807, 2.05) is 36.4 Å². The lowest BCUT2D eigenvalue weighted by atomic mass is 10.1. The highest BCUT2D eigenvalue weighted by Gasteiger charge is 2.14. The number of rotatable bonds is 1. The molecule has 94 valence electrons. The summed E-state index contributed by atoms with van der Waals surface area (Å²) in [6, 6.07) is 20.7. The number of H-pyrrole nitrogens is 1. The first-order valence-electron chi connectivity index (χ1n) is 6.36.